The second-order valence-electron chi connectivity index (χ2n) is 11.1. The minimum absolute atomic E-state index is 0. The van der Waals surface area contributed by atoms with E-state index in [1.54, 1.807) is 0 Å². The number of nitrogens with zero attached hydrogens (tertiary/aromatic N) is 3. The molecule has 0 heterocycles. The first-order valence-corrected chi connectivity index (χ1v) is 17.3. The van der Waals surface area contributed by atoms with E-state index in [9.17, 15) is 39.2 Å². The van der Waals surface area contributed by atoms with Crippen molar-refractivity contribution in [3.05, 3.63) is 35.9 Å². The van der Waals surface area contributed by atoms with Gasteiger partial charge in [-0.1, -0.05) is 82.7 Å². The van der Waals surface area contributed by atoms with Crippen LogP contribution in [-0.2, 0) is 34.4 Å². The van der Waals surface area contributed by atoms with Crippen molar-refractivity contribution in [1.82, 2.24) is 14.7 Å². The average molecular weight is 813 g/mol. The number of aryl methyl sites for hydroxylation is 1. The minimum atomic E-state index is -4.62. The quantitative estimate of drug-likeness (QED) is 0.0739. The molecule has 1 radical (unpaired) electrons. The summed E-state index contributed by atoms with van der Waals surface area (Å²) >= 11 is 0. The van der Waals surface area contributed by atoms with Gasteiger partial charge in [-0.25, -0.2) is 0 Å². The maximum Gasteiger partial charge on any atom is 3.00 e. The first kappa shape index (κ1) is 44.9. The van der Waals surface area contributed by atoms with E-state index in [0.717, 1.165) is 37.0 Å². The van der Waals surface area contributed by atoms with Gasteiger partial charge in [0.15, 0.2) is 0 Å². The molecule has 1 aromatic carbocycles. The van der Waals surface area contributed by atoms with Crippen LogP contribution in [0.3, 0.4) is 0 Å². The van der Waals surface area contributed by atoms with E-state index in [-0.39, 0.29) is 72.8 Å². The molecular weight excluding hydrogens is 763 g/mol. The van der Waals surface area contributed by atoms with Crippen molar-refractivity contribution in [1.29, 1.82) is 0 Å². The van der Waals surface area contributed by atoms with E-state index in [1.165, 1.54) is 29.7 Å². The monoisotopic (exact) mass is 813 g/mol. The molecule has 15 heteroatoms. The van der Waals surface area contributed by atoms with Gasteiger partial charge < -0.3 is 43.6 Å². The van der Waals surface area contributed by atoms with Crippen LogP contribution in [0.1, 0.15) is 70.8 Å². The predicted octanol–water partition coefficient (Wildman–Crippen LogP) is -0.584. The summed E-state index contributed by atoms with van der Waals surface area (Å²) in [6, 6.07) is 9.88. The Hall–Kier alpha value is -1.06. The number of aliphatic carboxylic acids is 3. The van der Waals surface area contributed by atoms with E-state index < -0.39 is 51.4 Å². The van der Waals surface area contributed by atoms with Crippen LogP contribution in [0.4, 0.5) is 0 Å². The smallest absolute Gasteiger partial charge is 0.756 e. The summed E-state index contributed by atoms with van der Waals surface area (Å²) in [6.07, 6.45) is 9.29. The molecule has 0 aliphatic rings. The molecule has 0 aliphatic carbocycles. The van der Waals surface area contributed by atoms with Crippen molar-refractivity contribution < 1.29 is 88.1 Å². The number of carbonyl (C=O) groups excluding carboxylic acids is 3. The molecule has 13 nitrogen and oxygen atoms in total. The molecule has 0 amide bonds. The molecule has 0 saturated heterocycles. The molecule has 0 fully saturated rings. The van der Waals surface area contributed by atoms with Crippen LogP contribution in [0.2, 0.25) is 0 Å². The zero-order valence-corrected chi connectivity index (χ0v) is 30.3. The summed E-state index contributed by atoms with van der Waals surface area (Å²) < 4.78 is 22.7. The number of unbranched alkanes of at least 4 members (excludes halogenated alkanes) is 7. The molecule has 0 aliphatic heterocycles. The summed E-state index contributed by atoms with van der Waals surface area (Å²) in [5.41, 5.74) is 1.37. The second kappa shape index (κ2) is 26.8. The van der Waals surface area contributed by atoms with Gasteiger partial charge in [-0.2, -0.15) is 0 Å². The molecule has 0 aromatic heterocycles. The first-order chi connectivity index (χ1) is 21.5. The van der Waals surface area contributed by atoms with Crippen LogP contribution >= 0.6 is 7.82 Å². The Morgan fingerprint density at radius 2 is 1.22 bits per heavy atom. The Labute approximate surface area is 305 Å². The summed E-state index contributed by atoms with van der Waals surface area (Å²) in [7, 11) is -4.62. The van der Waals surface area contributed by atoms with Crippen LogP contribution in [-0.4, -0.2) is 104 Å². The van der Waals surface area contributed by atoms with Gasteiger partial charge >= 0.3 is 39.9 Å². The Balaban J connectivity index is 0.0000202. The van der Waals surface area contributed by atoms with Gasteiger partial charge in [0.05, 0.1) is 31.1 Å². The van der Waals surface area contributed by atoms with Gasteiger partial charge in [0.1, 0.15) is 0 Å². The van der Waals surface area contributed by atoms with E-state index in [1.807, 2.05) is 24.8 Å². The molecule has 0 saturated carbocycles. The topological polar surface area (TPSA) is 189 Å². The summed E-state index contributed by atoms with van der Waals surface area (Å²) in [5, 5.41) is 33.4. The van der Waals surface area contributed by atoms with Crippen LogP contribution in [0.25, 0.3) is 0 Å². The predicted molar refractivity (Wildman–Crippen MR) is 161 cm³/mol. The number of carbonyl (C=O) groups is 3. The SMILES string of the molecule is CCN(CC)C(COP(=O)([O-])OCCCCCCCCCCc1ccccc1)CN(CCN(CC(=O)[O-])CC(=O)[O-])CC(=O)[O-].[Gd+3]. The van der Waals surface area contributed by atoms with Crippen molar-refractivity contribution in [3.8, 4) is 0 Å². The Bertz CT molecular complexity index is 1000. The third kappa shape index (κ3) is 23.3. The molecule has 263 valence electrons. The third-order valence-corrected chi connectivity index (χ3v) is 8.43. The number of rotatable bonds is 29. The van der Waals surface area contributed by atoms with E-state index in [2.05, 4.69) is 24.3 Å². The molecule has 46 heavy (non-hydrogen) atoms. The molecule has 0 N–H and O–H groups in total. The summed E-state index contributed by atoms with van der Waals surface area (Å²) in [6.45, 7) is 2.46. The zero-order valence-electron chi connectivity index (χ0n) is 27.1. The molecular formula is C31H50GdN3O10P-. The molecule has 0 bridgehead atoms. The van der Waals surface area contributed by atoms with Crippen LogP contribution in [0.5, 0.6) is 0 Å². The van der Waals surface area contributed by atoms with Gasteiger partial charge in [0.25, 0.3) is 7.82 Å². The van der Waals surface area contributed by atoms with Crippen molar-refractivity contribution in [2.45, 2.75) is 77.7 Å². The molecule has 2 atom stereocenters. The Morgan fingerprint density at radius 1 is 0.739 bits per heavy atom. The van der Waals surface area contributed by atoms with Gasteiger partial charge in [0, 0.05) is 45.3 Å². The van der Waals surface area contributed by atoms with Crippen molar-refractivity contribution in [2.75, 3.05) is 65.6 Å². The summed E-state index contributed by atoms with van der Waals surface area (Å²) in [4.78, 5) is 50.2. The van der Waals surface area contributed by atoms with E-state index in [4.69, 9.17) is 9.05 Å². The first-order valence-electron chi connectivity index (χ1n) is 15.9. The number of carboxylic acid groups (broad SMARTS) is 3. The molecule has 1 aromatic rings. The third-order valence-electron chi connectivity index (χ3n) is 7.47. The van der Waals surface area contributed by atoms with Gasteiger partial charge in [-0.05, 0) is 37.9 Å². The molecule has 1 rings (SSSR count). The largest absolute Gasteiger partial charge is 3.00 e. The number of hydrogen-bond donors (Lipinski definition) is 0. The van der Waals surface area contributed by atoms with Crippen LogP contribution < -0.4 is 20.2 Å². The molecule has 0 spiro atoms. The standard InChI is InChI=1S/C31H54N3O10P.Gd/c1-3-34(4-2)28(22-32(23-29(35)36)19-20-33(24-30(37)38)25-31(39)40)26-44-45(41,42)43-21-15-10-8-6-5-7-9-12-16-27-17-13-11-14-18-27;/h11,13-14,17-18,28H,3-10,12,15-16,19-26H2,1-2H3,(H,35,36)(H,37,38)(H,39,40)(H,41,42);/q;+3/p-4. The number of carboxylic acids is 3. The Morgan fingerprint density at radius 3 is 1.74 bits per heavy atom. The van der Waals surface area contributed by atoms with Crippen molar-refractivity contribution in [3.63, 3.8) is 0 Å². The zero-order chi connectivity index (χ0) is 33.5. The summed E-state index contributed by atoms with van der Waals surface area (Å²) in [5.74, 6) is -4.39. The minimum Gasteiger partial charge on any atom is -0.756 e. The second-order valence-corrected chi connectivity index (χ2v) is 12.5. The van der Waals surface area contributed by atoms with Gasteiger partial charge in [-0.15, -0.1) is 0 Å². The fraction of sp³-hybridized carbons (Fsp3) is 0.710. The number of likely N-dealkylation sites (N-methyl/N-ethyl adjacent to an activating group) is 1. The number of phosphoric acid groups is 1. The van der Waals surface area contributed by atoms with Gasteiger partial charge in [0.2, 0.25) is 0 Å². The van der Waals surface area contributed by atoms with Crippen molar-refractivity contribution in [2.24, 2.45) is 0 Å². The van der Waals surface area contributed by atoms with E-state index in [0.29, 0.717) is 19.5 Å². The fourth-order valence-corrected chi connectivity index (χ4v) is 5.90. The maximum atomic E-state index is 12.5. The van der Waals surface area contributed by atoms with Crippen LogP contribution in [0.15, 0.2) is 30.3 Å². The molecule has 2 unspecified atom stereocenters. The number of hydrogen-bond acceptors (Lipinski definition) is 13. The van der Waals surface area contributed by atoms with E-state index >= 15 is 0 Å². The average Bonchev–Trinajstić information content (AvgIpc) is 2.97. The Kier molecular flexibility index (Phi) is 26.2. The number of phosphoric ester groups is 1. The van der Waals surface area contributed by atoms with Crippen LogP contribution in [0, 0.1) is 39.9 Å². The normalized spacial score (nSPS) is 13.4. The van der Waals surface area contributed by atoms with Gasteiger partial charge in [-0.3, -0.25) is 19.3 Å². The fourth-order valence-electron chi connectivity index (χ4n) is 5.12. The van der Waals surface area contributed by atoms with Crippen molar-refractivity contribution >= 4 is 25.7 Å². The maximum absolute atomic E-state index is 12.5. The number of benzene rings is 1.